The van der Waals surface area contributed by atoms with E-state index in [9.17, 15) is 4.79 Å². The number of benzene rings is 1. The fourth-order valence-electron chi connectivity index (χ4n) is 1.71. The minimum atomic E-state index is -0.701. The molecule has 2 rings (SSSR count). The summed E-state index contributed by atoms with van der Waals surface area (Å²) in [5, 5.41) is 10.5. The highest BCUT2D eigenvalue weighted by molar-refractivity contribution is 5.97. The lowest BCUT2D eigenvalue weighted by atomic mass is 10.1. The van der Waals surface area contributed by atoms with E-state index in [1.54, 1.807) is 25.1 Å². The number of methoxy groups -OCH3 is 1. The Morgan fingerprint density at radius 1 is 1.45 bits per heavy atom. The highest BCUT2D eigenvalue weighted by atomic mass is 16.5. The second kappa shape index (κ2) is 6.27. The molecular formula is C13H16N4O3. The molecule has 0 aliphatic heterocycles. The first kappa shape index (κ1) is 14.2. The highest BCUT2D eigenvalue weighted by Crippen LogP contribution is 2.26. The summed E-state index contributed by atoms with van der Waals surface area (Å²) in [6.07, 6.45) is -0.701. The monoisotopic (exact) mass is 276 g/mol. The summed E-state index contributed by atoms with van der Waals surface area (Å²) in [5.41, 5.74) is 6.68. The van der Waals surface area contributed by atoms with E-state index in [0.29, 0.717) is 23.0 Å². The van der Waals surface area contributed by atoms with Crippen LogP contribution in [0.4, 0.5) is 5.69 Å². The number of nitrogens with two attached hydrogens (primary N) is 1. The Kier molecular flexibility index (Phi) is 4.44. The van der Waals surface area contributed by atoms with E-state index in [4.69, 9.17) is 14.9 Å². The topological polar surface area (TPSA) is 103 Å². The van der Waals surface area contributed by atoms with Gasteiger partial charge >= 0.3 is 0 Å². The number of nitrogens with one attached hydrogen (secondary N) is 1. The van der Waals surface area contributed by atoms with Crippen molar-refractivity contribution in [3.63, 3.8) is 0 Å². The van der Waals surface area contributed by atoms with Crippen LogP contribution in [0.5, 0.6) is 0 Å². The van der Waals surface area contributed by atoms with E-state index in [1.165, 1.54) is 7.11 Å². The van der Waals surface area contributed by atoms with Gasteiger partial charge in [-0.2, -0.15) is 0 Å². The zero-order valence-corrected chi connectivity index (χ0v) is 11.3. The first-order valence-electron chi connectivity index (χ1n) is 6.09. The number of aryl methyl sites for hydroxylation is 1. The van der Waals surface area contributed by atoms with Gasteiger partial charge in [-0.25, -0.2) is 0 Å². The van der Waals surface area contributed by atoms with Crippen molar-refractivity contribution in [1.29, 1.82) is 0 Å². The number of hydrogen-bond acceptors (Lipinski definition) is 6. The van der Waals surface area contributed by atoms with Crippen LogP contribution in [0.25, 0.3) is 11.5 Å². The second-order valence-electron chi connectivity index (χ2n) is 4.12. The van der Waals surface area contributed by atoms with Gasteiger partial charge in [-0.05, 0) is 12.1 Å². The van der Waals surface area contributed by atoms with E-state index in [1.807, 2.05) is 6.07 Å². The van der Waals surface area contributed by atoms with E-state index < -0.39 is 6.10 Å². The summed E-state index contributed by atoms with van der Waals surface area (Å²) >= 11 is 0. The van der Waals surface area contributed by atoms with E-state index in [2.05, 4.69) is 15.5 Å². The normalized spacial score (nSPS) is 12.2. The van der Waals surface area contributed by atoms with Gasteiger partial charge < -0.3 is 20.2 Å². The van der Waals surface area contributed by atoms with Crippen LogP contribution in [0.2, 0.25) is 0 Å². The average Bonchev–Trinajstić information content (AvgIpc) is 2.87. The lowest BCUT2D eigenvalue weighted by Crippen LogP contribution is -2.36. The average molecular weight is 276 g/mol. The number of aromatic nitrogens is 2. The van der Waals surface area contributed by atoms with Gasteiger partial charge in [-0.1, -0.05) is 12.1 Å². The quantitative estimate of drug-likeness (QED) is 0.843. The molecule has 20 heavy (non-hydrogen) atoms. The number of rotatable bonds is 5. The summed E-state index contributed by atoms with van der Waals surface area (Å²) in [5.74, 6) is 0.483. The van der Waals surface area contributed by atoms with Crippen molar-refractivity contribution in [2.24, 2.45) is 5.73 Å². The Hall–Kier alpha value is -2.25. The molecule has 7 nitrogen and oxygen atoms in total. The van der Waals surface area contributed by atoms with Crippen molar-refractivity contribution < 1.29 is 13.9 Å². The number of anilines is 1. The third kappa shape index (κ3) is 3.01. The molecular weight excluding hydrogens is 260 g/mol. The molecule has 0 spiro atoms. The Morgan fingerprint density at radius 2 is 2.20 bits per heavy atom. The molecule has 0 saturated carbocycles. The molecule has 0 aliphatic carbocycles. The maximum absolute atomic E-state index is 12.0. The molecule has 1 aromatic heterocycles. The van der Waals surface area contributed by atoms with Gasteiger partial charge in [0.15, 0.2) is 0 Å². The van der Waals surface area contributed by atoms with Crippen LogP contribution in [0, 0.1) is 6.92 Å². The molecule has 106 valence electrons. The minimum Gasteiger partial charge on any atom is -0.421 e. The molecule has 0 bridgehead atoms. The molecule has 1 atom stereocenters. The van der Waals surface area contributed by atoms with Crippen LogP contribution in [0.15, 0.2) is 28.7 Å². The summed E-state index contributed by atoms with van der Waals surface area (Å²) in [4.78, 5) is 12.0. The van der Waals surface area contributed by atoms with Crippen molar-refractivity contribution in [3.05, 3.63) is 30.2 Å². The summed E-state index contributed by atoms with van der Waals surface area (Å²) in [6.45, 7) is 1.80. The zero-order valence-electron chi connectivity index (χ0n) is 11.3. The number of ether oxygens (including phenoxy) is 1. The molecule has 0 fully saturated rings. The molecule has 1 amide bonds. The number of carbonyl (C=O) groups is 1. The number of nitrogens with zero attached hydrogens (tertiary/aromatic N) is 2. The molecule has 1 unspecified atom stereocenters. The Bertz CT molecular complexity index is 593. The van der Waals surface area contributed by atoms with Gasteiger partial charge in [0.1, 0.15) is 6.10 Å². The van der Waals surface area contributed by atoms with Crippen molar-refractivity contribution >= 4 is 11.6 Å². The third-order valence-corrected chi connectivity index (χ3v) is 2.73. The number of amides is 1. The molecule has 7 heteroatoms. The molecule has 0 radical (unpaired) electrons. The largest absolute Gasteiger partial charge is 0.421 e. The van der Waals surface area contributed by atoms with Gasteiger partial charge in [0.2, 0.25) is 11.8 Å². The van der Waals surface area contributed by atoms with E-state index in [0.717, 1.165) is 0 Å². The van der Waals surface area contributed by atoms with Crippen molar-refractivity contribution in [2.75, 3.05) is 19.0 Å². The molecule has 0 aliphatic rings. The van der Waals surface area contributed by atoms with Crippen LogP contribution in [-0.4, -0.2) is 35.9 Å². The van der Waals surface area contributed by atoms with Crippen LogP contribution in [0.3, 0.4) is 0 Å². The lowest BCUT2D eigenvalue weighted by Gasteiger charge is -2.14. The lowest BCUT2D eigenvalue weighted by molar-refractivity contribution is -0.125. The highest BCUT2D eigenvalue weighted by Gasteiger charge is 2.18. The molecule has 2 aromatic rings. The predicted octanol–water partition coefficient (Wildman–Crippen LogP) is 0.957. The Morgan fingerprint density at radius 3 is 2.80 bits per heavy atom. The molecule has 3 N–H and O–H groups in total. The Balaban J connectivity index is 2.27. The van der Waals surface area contributed by atoms with Crippen molar-refractivity contribution in [1.82, 2.24) is 10.2 Å². The van der Waals surface area contributed by atoms with Gasteiger partial charge in [-0.3, -0.25) is 4.79 Å². The summed E-state index contributed by atoms with van der Waals surface area (Å²) < 4.78 is 10.4. The van der Waals surface area contributed by atoms with Gasteiger partial charge in [-0.15, -0.1) is 10.2 Å². The minimum absolute atomic E-state index is 0.101. The predicted molar refractivity (Wildman–Crippen MR) is 73.0 cm³/mol. The maximum Gasteiger partial charge on any atom is 0.254 e. The SMILES string of the molecule is COC(CN)C(=O)Nc1ccccc1-c1nnc(C)o1. The number of para-hydroxylation sites is 1. The van der Waals surface area contributed by atoms with Gasteiger partial charge in [0.25, 0.3) is 5.91 Å². The standard InChI is InChI=1S/C13H16N4O3/c1-8-16-17-13(20-8)9-5-3-4-6-10(9)15-12(18)11(7-14)19-2/h3-6,11H,7,14H2,1-2H3,(H,15,18). The van der Waals surface area contributed by atoms with E-state index >= 15 is 0 Å². The van der Waals surface area contributed by atoms with Crippen LogP contribution < -0.4 is 11.1 Å². The fraction of sp³-hybridized carbons (Fsp3) is 0.308. The number of hydrogen-bond donors (Lipinski definition) is 2. The number of carbonyl (C=O) groups excluding carboxylic acids is 1. The summed E-state index contributed by atoms with van der Waals surface area (Å²) in [7, 11) is 1.43. The first-order chi connectivity index (χ1) is 9.65. The smallest absolute Gasteiger partial charge is 0.254 e. The molecule has 1 aromatic carbocycles. The van der Waals surface area contributed by atoms with Crippen LogP contribution in [0.1, 0.15) is 5.89 Å². The zero-order chi connectivity index (χ0) is 14.5. The molecule has 1 heterocycles. The van der Waals surface area contributed by atoms with Crippen molar-refractivity contribution in [2.45, 2.75) is 13.0 Å². The van der Waals surface area contributed by atoms with Gasteiger partial charge in [0, 0.05) is 20.6 Å². The summed E-state index contributed by atoms with van der Waals surface area (Å²) in [6, 6.07) is 7.15. The maximum atomic E-state index is 12.0. The van der Waals surface area contributed by atoms with Crippen LogP contribution in [-0.2, 0) is 9.53 Å². The first-order valence-corrected chi connectivity index (χ1v) is 6.09. The third-order valence-electron chi connectivity index (χ3n) is 2.73. The Labute approximate surface area is 116 Å². The van der Waals surface area contributed by atoms with E-state index in [-0.39, 0.29) is 12.5 Å². The molecule has 0 saturated heterocycles. The second-order valence-corrected chi connectivity index (χ2v) is 4.12. The van der Waals surface area contributed by atoms with Crippen LogP contribution >= 0.6 is 0 Å². The fourth-order valence-corrected chi connectivity index (χ4v) is 1.71. The van der Waals surface area contributed by atoms with Crippen molar-refractivity contribution in [3.8, 4) is 11.5 Å². The van der Waals surface area contributed by atoms with Gasteiger partial charge in [0.05, 0.1) is 11.3 Å².